The van der Waals surface area contributed by atoms with E-state index in [4.69, 9.17) is 4.74 Å². The third kappa shape index (κ3) is 8.10. The third-order valence-electron chi connectivity index (χ3n) is 5.76. The van der Waals surface area contributed by atoms with Crippen LogP contribution in [0, 0.1) is 0 Å². The smallest absolute Gasteiger partial charge is 0.489 e. The molecule has 0 aromatic heterocycles. The topological polar surface area (TPSA) is 84.9 Å². The van der Waals surface area contributed by atoms with Crippen molar-refractivity contribution in [1.29, 1.82) is 0 Å². The molecule has 2 N–H and O–H groups in total. The Morgan fingerprint density at radius 1 is 0.769 bits per heavy atom. The molecule has 1 amide bonds. The maximum atomic E-state index is 12.7. The molecule has 0 aliphatic rings. The highest BCUT2D eigenvalue weighted by Gasteiger charge is 2.31. The third-order valence-corrected chi connectivity index (χ3v) is 5.76. The van der Waals surface area contributed by atoms with Gasteiger partial charge in [-0.3, -0.25) is 4.79 Å². The summed E-state index contributed by atoms with van der Waals surface area (Å²) in [6, 6.07) is 27.4. The average molecular weight is 536 g/mol. The summed E-state index contributed by atoms with van der Waals surface area (Å²) in [6.45, 7) is 0.0554. The molecule has 0 spiro atoms. The Hall–Kier alpha value is -4.79. The summed E-state index contributed by atoms with van der Waals surface area (Å²) in [5, 5.41) is 12.1. The SMILES string of the molecule is O=C(NC(Cc1ccccc1)C(=O)O)c1ccc(-c2ccc(OCc3cccc(OC(F)(F)F)c3)cc2)cc1. The van der Waals surface area contributed by atoms with Crippen molar-refractivity contribution in [1.82, 2.24) is 5.32 Å². The van der Waals surface area contributed by atoms with Gasteiger partial charge >= 0.3 is 12.3 Å². The number of halogens is 3. The van der Waals surface area contributed by atoms with Gasteiger partial charge in [-0.2, -0.15) is 0 Å². The lowest BCUT2D eigenvalue weighted by atomic mass is 10.0. The number of amides is 1. The molecule has 9 heteroatoms. The summed E-state index contributed by atoms with van der Waals surface area (Å²) >= 11 is 0. The summed E-state index contributed by atoms with van der Waals surface area (Å²) in [7, 11) is 0. The maximum absolute atomic E-state index is 12.7. The summed E-state index contributed by atoms with van der Waals surface area (Å²) in [6.07, 6.45) is -4.60. The summed E-state index contributed by atoms with van der Waals surface area (Å²) in [4.78, 5) is 24.3. The van der Waals surface area contributed by atoms with Crippen LogP contribution in [0.2, 0.25) is 0 Å². The van der Waals surface area contributed by atoms with Crippen LogP contribution in [0.3, 0.4) is 0 Å². The number of hydrogen-bond acceptors (Lipinski definition) is 4. The maximum Gasteiger partial charge on any atom is 0.573 e. The molecule has 1 atom stereocenters. The van der Waals surface area contributed by atoms with Gasteiger partial charge in [0.25, 0.3) is 5.91 Å². The van der Waals surface area contributed by atoms with E-state index in [9.17, 15) is 27.9 Å². The fourth-order valence-electron chi connectivity index (χ4n) is 3.85. The number of carboxylic acids is 1. The largest absolute Gasteiger partial charge is 0.573 e. The quantitative estimate of drug-likeness (QED) is 0.251. The van der Waals surface area contributed by atoms with Crippen molar-refractivity contribution in [3.05, 3.63) is 120 Å². The van der Waals surface area contributed by atoms with Gasteiger partial charge in [-0.25, -0.2) is 4.79 Å². The molecular formula is C30H24F3NO5. The van der Waals surface area contributed by atoms with E-state index < -0.39 is 24.3 Å². The first-order valence-corrected chi connectivity index (χ1v) is 11.9. The van der Waals surface area contributed by atoms with E-state index in [1.54, 1.807) is 54.6 Å². The zero-order valence-electron chi connectivity index (χ0n) is 20.5. The molecule has 0 heterocycles. The van der Waals surface area contributed by atoms with Gasteiger partial charge in [-0.1, -0.05) is 66.7 Å². The molecule has 4 aromatic carbocycles. The van der Waals surface area contributed by atoms with Gasteiger partial charge < -0.3 is 19.9 Å². The van der Waals surface area contributed by atoms with E-state index in [0.717, 1.165) is 16.7 Å². The minimum absolute atomic E-state index is 0.0554. The molecule has 39 heavy (non-hydrogen) atoms. The second-order valence-corrected chi connectivity index (χ2v) is 8.64. The first-order chi connectivity index (χ1) is 18.7. The van der Waals surface area contributed by atoms with Crippen molar-refractivity contribution in [2.24, 2.45) is 0 Å². The lowest BCUT2D eigenvalue weighted by Gasteiger charge is -2.15. The average Bonchev–Trinajstić information content (AvgIpc) is 2.92. The van der Waals surface area contributed by atoms with Gasteiger partial charge in [0.2, 0.25) is 0 Å². The highest BCUT2D eigenvalue weighted by atomic mass is 19.4. The van der Waals surface area contributed by atoms with Crippen LogP contribution >= 0.6 is 0 Å². The molecule has 0 aliphatic carbocycles. The first kappa shape index (κ1) is 27.3. The highest BCUT2D eigenvalue weighted by Crippen LogP contribution is 2.26. The predicted molar refractivity (Wildman–Crippen MR) is 138 cm³/mol. The molecule has 4 rings (SSSR count). The molecule has 0 fully saturated rings. The Labute approximate surface area is 222 Å². The molecule has 4 aromatic rings. The van der Waals surface area contributed by atoms with Crippen LogP contribution < -0.4 is 14.8 Å². The molecule has 0 bridgehead atoms. The van der Waals surface area contributed by atoms with E-state index in [1.807, 2.05) is 30.3 Å². The van der Waals surface area contributed by atoms with E-state index in [1.165, 1.54) is 18.2 Å². The number of nitrogens with one attached hydrogen (secondary N) is 1. The molecule has 0 radical (unpaired) electrons. The molecule has 6 nitrogen and oxygen atoms in total. The van der Waals surface area contributed by atoms with Gasteiger partial charge in [0.05, 0.1) is 0 Å². The molecule has 200 valence electrons. The number of rotatable bonds is 10. The number of alkyl halides is 3. The van der Waals surface area contributed by atoms with Crippen LogP contribution in [0.5, 0.6) is 11.5 Å². The zero-order valence-corrected chi connectivity index (χ0v) is 20.5. The van der Waals surface area contributed by atoms with Crippen LogP contribution in [0.15, 0.2) is 103 Å². The van der Waals surface area contributed by atoms with Gasteiger partial charge in [0.1, 0.15) is 24.1 Å². The second kappa shape index (κ2) is 12.2. The van der Waals surface area contributed by atoms with Crippen molar-refractivity contribution in [2.45, 2.75) is 25.4 Å². The monoisotopic (exact) mass is 535 g/mol. The predicted octanol–water partition coefficient (Wildman–Crippen LogP) is 6.26. The van der Waals surface area contributed by atoms with Gasteiger partial charge in [0, 0.05) is 12.0 Å². The van der Waals surface area contributed by atoms with Crippen LogP contribution in [0.25, 0.3) is 11.1 Å². The lowest BCUT2D eigenvalue weighted by Crippen LogP contribution is -2.42. The minimum Gasteiger partial charge on any atom is -0.489 e. The van der Waals surface area contributed by atoms with E-state index >= 15 is 0 Å². The number of carbonyl (C=O) groups excluding carboxylic acids is 1. The highest BCUT2D eigenvalue weighted by molar-refractivity contribution is 5.97. The Balaban J connectivity index is 1.34. The molecule has 0 aliphatic heterocycles. The number of aliphatic carboxylic acids is 1. The van der Waals surface area contributed by atoms with Crippen LogP contribution in [-0.4, -0.2) is 29.4 Å². The van der Waals surface area contributed by atoms with Crippen molar-refractivity contribution in [2.75, 3.05) is 0 Å². The van der Waals surface area contributed by atoms with Crippen molar-refractivity contribution >= 4 is 11.9 Å². The van der Waals surface area contributed by atoms with Crippen LogP contribution in [0.4, 0.5) is 13.2 Å². The van der Waals surface area contributed by atoms with Crippen molar-refractivity contribution < 1.29 is 37.3 Å². The summed E-state index contributed by atoms with van der Waals surface area (Å²) in [5.74, 6) is -1.40. The second-order valence-electron chi connectivity index (χ2n) is 8.64. The molecule has 1 unspecified atom stereocenters. The van der Waals surface area contributed by atoms with Gasteiger partial charge in [0.15, 0.2) is 0 Å². The molecular weight excluding hydrogens is 511 g/mol. The standard InChI is InChI=1S/C30H24F3NO5/c31-30(32,33)39-26-8-4-7-21(17-26)19-38-25-15-13-23(14-16-25)22-9-11-24(12-10-22)28(35)34-27(29(36)37)18-20-5-2-1-3-6-20/h1-17,27H,18-19H2,(H,34,35)(H,36,37). The summed E-state index contributed by atoms with van der Waals surface area (Å²) < 4.78 is 46.9. The Kier molecular flexibility index (Phi) is 8.50. The van der Waals surface area contributed by atoms with Crippen molar-refractivity contribution in [3.8, 4) is 22.6 Å². The fraction of sp³-hybridized carbons (Fsp3) is 0.133. The number of hydrogen-bond donors (Lipinski definition) is 2. The number of carbonyl (C=O) groups is 2. The van der Waals surface area contributed by atoms with Crippen LogP contribution in [0.1, 0.15) is 21.5 Å². The number of ether oxygens (including phenoxy) is 2. The van der Waals surface area contributed by atoms with E-state index in [0.29, 0.717) is 16.9 Å². The number of carboxylic acid groups (broad SMARTS) is 1. The van der Waals surface area contributed by atoms with Gasteiger partial charge in [-0.05, 0) is 58.7 Å². The summed E-state index contributed by atoms with van der Waals surface area (Å²) in [5.41, 5.74) is 3.33. The fourth-order valence-corrected chi connectivity index (χ4v) is 3.85. The Bertz CT molecular complexity index is 1410. The van der Waals surface area contributed by atoms with Crippen molar-refractivity contribution in [3.63, 3.8) is 0 Å². The first-order valence-electron chi connectivity index (χ1n) is 11.9. The minimum atomic E-state index is -4.76. The molecule has 0 saturated heterocycles. The van der Waals surface area contributed by atoms with Crippen LogP contribution in [-0.2, 0) is 17.8 Å². The normalized spacial score (nSPS) is 11.9. The Morgan fingerprint density at radius 2 is 1.38 bits per heavy atom. The van der Waals surface area contributed by atoms with Gasteiger partial charge in [-0.15, -0.1) is 13.2 Å². The lowest BCUT2D eigenvalue weighted by molar-refractivity contribution is -0.274. The number of benzene rings is 4. The Morgan fingerprint density at radius 3 is 2.00 bits per heavy atom. The van der Waals surface area contributed by atoms with E-state index in [-0.39, 0.29) is 18.8 Å². The molecule has 0 saturated carbocycles. The van der Waals surface area contributed by atoms with E-state index in [2.05, 4.69) is 10.1 Å². The zero-order chi connectivity index (χ0) is 27.8.